The zero-order chi connectivity index (χ0) is 75.6. The molecule has 12 rings (SSSR count). The van der Waals surface area contributed by atoms with E-state index in [4.69, 9.17) is 34.3 Å². The third kappa shape index (κ3) is 18.5. The highest BCUT2D eigenvalue weighted by Gasteiger charge is 2.59. The van der Waals surface area contributed by atoms with Crippen molar-refractivity contribution >= 4 is 90.0 Å². The fourth-order valence-corrected chi connectivity index (χ4v) is 18.5. The number of aliphatic hydroxyl groups excluding tert-OH is 4. The van der Waals surface area contributed by atoms with E-state index in [0.29, 0.717) is 81.3 Å². The number of aromatic carboxylic acids is 2. The van der Waals surface area contributed by atoms with Crippen molar-refractivity contribution in [2.45, 2.75) is 143 Å². The van der Waals surface area contributed by atoms with Crippen LogP contribution in [0, 0.1) is 61.7 Å². The summed E-state index contributed by atoms with van der Waals surface area (Å²) in [5.74, 6) is 0.0368. The third-order valence-corrected chi connectivity index (χ3v) is 25.5. The van der Waals surface area contributed by atoms with Gasteiger partial charge in [-0.1, -0.05) is 71.9 Å². The molecule has 6 saturated carbocycles. The second kappa shape index (κ2) is 33.4. The molecule has 2 saturated heterocycles. The number of sulfone groups is 2. The van der Waals surface area contributed by atoms with Crippen LogP contribution in [0.3, 0.4) is 0 Å². The van der Waals surface area contributed by atoms with Gasteiger partial charge in [-0.15, -0.1) is 0 Å². The number of nitrogens with zero attached hydrogens (tertiary/aromatic N) is 4. The van der Waals surface area contributed by atoms with Gasteiger partial charge in [0.05, 0.1) is 78.9 Å². The molecule has 10 N–H and O–H groups in total. The molecule has 0 aromatic heterocycles. The van der Waals surface area contributed by atoms with E-state index in [1.165, 1.54) is 49.3 Å². The summed E-state index contributed by atoms with van der Waals surface area (Å²) in [5, 5.41) is 88.5. The zero-order valence-electron chi connectivity index (χ0n) is 60.7. The Bertz CT molecular complexity index is 3890. The molecule has 2 unspecified atom stereocenters. The predicted octanol–water partition coefficient (Wildman–Crippen LogP) is 4.71. The van der Waals surface area contributed by atoms with Crippen LogP contribution in [0.5, 0.6) is 11.5 Å². The van der Waals surface area contributed by atoms with E-state index in [-0.39, 0.29) is 90.3 Å². The number of carboxylic acid groups (broad SMARTS) is 2. The number of carbonyl (C=O) groups excluding carboxylic acids is 2. The van der Waals surface area contributed by atoms with E-state index >= 15 is 0 Å². The molecule has 8 fully saturated rings. The van der Waals surface area contributed by atoms with E-state index in [1.807, 2.05) is 24.3 Å². The minimum Gasteiger partial charge on any atom is -0.496 e. The molecule has 16 atom stereocenters. The standard InChI is InChI=1S/C36H51N3O9S.C25H37IN2O5.C11H16BNO6S/c1-20-28-16-25(36(28,3)4)17-29(20)37-34(42)32-31(21(2)41)30(19-40)48-39(32)18-22-9-8-10-27(33(22)47-6)23-13-24(35(43)44)15-26(14-23)38(5)11-12-49(7,45)46;1-13-17-9-16(25(17,3)4)10-19(13)27-24(31)22-21(14(2)30)20(12-29)33-28(22)11-15-7-6-8-18(26)23(15)32-5;1-13(3-4-20(2,18)19)10-6-8(11(14)15)5-9(7-10)12(16)17/h8-10,13-15,20-21,25,28-32,40-41H,11-12,16-19H2,1-7H3,(H,37,42)(H,43,44);6-8,13-14,16-17,19-22,29-30H,9-12H2,1-5H3,(H,27,31);5-7,16-17H,3-4H2,1-2H3,(H,14,15)/t20-,21-,25+,28-,29-,30-,31?,32-;13-,14-,16+,17-,19-,20-,21?,22-;/m00./s1. The molecule has 6 aliphatic carbocycles. The quantitative estimate of drug-likeness (QED) is 0.0301. The van der Waals surface area contributed by atoms with Crippen molar-refractivity contribution < 1.29 is 95.8 Å². The average molecular weight is 1580 g/mol. The van der Waals surface area contributed by atoms with Gasteiger partial charge in [-0.2, -0.15) is 10.1 Å². The summed E-state index contributed by atoms with van der Waals surface area (Å²) in [6.45, 7) is 17.1. The zero-order valence-corrected chi connectivity index (χ0v) is 64.5. The van der Waals surface area contributed by atoms with Gasteiger partial charge >= 0.3 is 19.1 Å². The number of para-hydroxylation sites is 2. The number of methoxy groups -OCH3 is 2. The summed E-state index contributed by atoms with van der Waals surface area (Å²) >= 11 is 2.22. The minimum absolute atomic E-state index is 0.00177. The number of rotatable bonds is 26. The lowest BCUT2D eigenvalue weighted by Crippen LogP contribution is -2.62. The highest BCUT2D eigenvalue weighted by molar-refractivity contribution is 14.1. The van der Waals surface area contributed by atoms with Crippen LogP contribution in [0.15, 0.2) is 72.8 Å². The number of anilines is 2. The molecular formula is C72H104BIN6O20S2. The van der Waals surface area contributed by atoms with Crippen molar-refractivity contribution in [3.63, 3.8) is 0 Å². The first kappa shape index (κ1) is 81.9. The maximum atomic E-state index is 14.1. The Morgan fingerprint density at radius 2 is 1.06 bits per heavy atom. The summed E-state index contributed by atoms with van der Waals surface area (Å²) in [7, 11) is -1.74. The van der Waals surface area contributed by atoms with Crippen molar-refractivity contribution in [1.29, 1.82) is 0 Å². The van der Waals surface area contributed by atoms with Crippen LogP contribution in [-0.2, 0) is 52.0 Å². The Labute approximate surface area is 613 Å². The monoisotopic (exact) mass is 1570 g/mol. The summed E-state index contributed by atoms with van der Waals surface area (Å²) in [5.41, 5.74) is 4.13. The number of amides is 2. The highest BCUT2D eigenvalue weighted by Crippen LogP contribution is 2.62. The second-order valence-corrected chi connectivity index (χ2v) is 35.8. The van der Waals surface area contributed by atoms with Crippen LogP contribution < -0.4 is 35.4 Å². The average Bonchev–Trinajstić information content (AvgIpc) is 0.969. The molecule has 0 spiro atoms. The Balaban J connectivity index is 0.000000214. The molecule has 4 bridgehead atoms. The first-order valence-electron chi connectivity index (χ1n) is 34.6. The van der Waals surface area contributed by atoms with E-state index in [0.717, 1.165) is 46.3 Å². The molecular weight excluding hydrogens is 1470 g/mol. The number of carbonyl (C=O) groups is 4. The summed E-state index contributed by atoms with van der Waals surface area (Å²) in [4.78, 5) is 66.4. The lowest BCUT2D eigenvalue weighted by Gasteiger charge is -2.62. The van der Waals surface area contributed by atoms with Crippen molar-refractivity contribution in [1.82, 2.24) is 20.8 Å². The van der Waals surface area contributed by atoms with Gasteiger partial charge in [0.2, 0.25) is 11.8 Å². The van der Waals surface area contributed by atoms with Gasteiger partial charge in [0, 0.05) is 91.7 Å². The summed E-state index contributed by atoms with van der Waals surface area (Å²) in [6.07, 6.45) is 3.35. The number of hydroxylamine groups is 4. The number of fused-ring (bicyclic) bond motifs is 4. The molecule has 4 aromatic rings. The van der Waals surface area contributed by atoms with Crippen LogP contribution >= 0.6 is 22.6 Å². The van der Waals surface area contributed by atoms with Crippen LogP contribution in [0.1, 0.15) is 113 Å². The maximum Gasteiger partial charge on any atom is 0.488 e. The van der Waals surface area contributed by atoms with Crippen LogP contribution in [0.2, 0.25) is 0 Å². The van der Waals surface area contributed by atoms with Crippen LogP contribution in [0.4, 0.5) is 11.4 Å². The van der Waals surface area contributed by atoms with E-state index in [1.54, 1.807) is 68.1 Å². The number of ether oxygens (including phenoxy) is 2. The van der Waals surface area contributed by atoms with E-state index in [2.05, 4.69) is 74.8 Å². The molecule has 8 aliphatic rings. The van der Waals surface area contributed by atoms with Crippen molar-refractivity contribution in [3.8, 4) is 22.6 Å². The van der Waals surface area contributed by atoms with Gasteiger partial charge in [0.25, 0.3) is 0 Å². The number of hydrogen-bond acceptors (Lipinski definition) is 22. The molecule has 26 nitrogen and oxygen atoms in total. The molecule has 2 amide bonds. The minimum atomic E-state index is -3.24. The molecule has 4 aromatic carbocycles. The smallest absolute Gasteiger partial charge is 0.488 e. The Hall–Kier alpha value is -5.75. The normalized spacial score (nSPS) is 27.5. The number of nitrogens with one attached hydrogen (secondary N) is 2. The topological polar surface area (TPSA) is 372 Å². The summed E-state index contributed by atoms with van der Waals surface area (Å²) in [6, 6.07) is 18.5. The SMILES string of the molecule is CN(CCS(C)(=O)=O)c1cc(B(O)O)cc(C(=O)O)c1.COc1c(CN2O[C@@H](CO)C([C@H](C)O)[C@H]2C(=O)N[C@H]2C[C@H]3C[C@@H]([C@@H]2C)C3(C)C)cccc1-c1cc(C(=O)O)cc(N(C)CCS(C)(=O)=O)c1.COc1c(I)cccc1CN1O[C@@H](CO)C([C@H](C)O)[C@H]1C(=O)N[C@H]1C[C@H]2C[C@@H]([C@@H]1C)C2(C)C. The lowest BCUT2D eigenvalue weighted by molar-refractivity contribution is -0.183. The van der Waals surface area contributed by atoms with Crippen molar-refractivity contribution in [2.24, 2.45) is 58.2 Å². The number of benzene rings is 4. The molecule has 102 heavy (non-hydrogen) atoms. The highest BCUT2D eigenvalue weighted by atomic mass is 127. The fourth-order valence-electron chi connectivity index (χ4n) is 16.5. The van der Waals surface area contributed by atoms with Gasteiger partial charge in [-0.3, -0.25) is 19.3 Å². The molecule has 2 aliphatic heterocycles. The largest absolute Gasteiger partial charge is 0.496 e. The second-order valence-electron chi connectivity index (χ2n) is 30.1. The molecule has 2 heterocycles. The first-order chi connectivity index (χ1) is 47.7. The van der Waals surface area contributed by atoms with E-state index < -0.39 is 87.1 Å². The van der Waals surface area contributed by atoms with Crippen molar-refractivity contribution in [2.75, 3.05) is 88.4 Å². The predicted molar refractivity (Wildman–Crippen MR) is 395 cm³/mol. The first-order valence-corrected chi connectivity index (χ1v) is 39.8. The van der Waals surface area contributed by atoms with Gasteiger partial charge in [-0.05, 0) is 162 Å². The number of halogens is 1. The lowest BCUT2D eigenvalue weighted by atomic mass is 9.45. The molecule has 564 valence electrons. The Kier molecular flexibility index (Phi) is 26.8. The van der Waals surface area contributed by atoms with Gasteiger partial charge in [-0.25, -0.2) is 26.4 Å². The summed E-state index contributed by atoms with van der Waals surface area (Å²) < 4.78 is 58.3. The Morgan fingerprint density at radius 1 is 0.647 bits per heavy atom. The maximum absolute atomic E-state index is 14.1. The van der Waals surface area contributed by atoms with E-state index in [9.17, 15) is 61.5 Å². The number of hydrogen-bond donors (Lipinski definition) is 10. The van der Waals surface area contributed by atoms with Gasteiger partial charge < -0.3 is 70.6 Å². The third-order valence-electron chi connectivity index (χ3n) is 22.8. The van der Waals surface area contributed by atoms with Crippen LogP contribution in [0.25, 0.3) is 11.1 Å². The molecule has 0 radical (unpaired) electrons. The van der Waals surface area contributed by atoms with Gasteiger partial charge in [0.1, 0.15) is 55.5 Å². The number of carboxylic acids is 2. The number of aliphatic hydroxyl groups is 4. The fraction of sp³-hybridized carbons (Fsp3) is 0.611. The van der Waals surface area contributed by atoms with Gasteiger partial charge in [0.15, 0.2) is 0 Å². The Morgan fingerprint density at radius 3 is 1.43 bits per heavy atom. The van der Waals surface area contributed by atoms with Crippen LogP contribution in [-0.4, -0.2) is 226 Å². The van der Waals surface area contributed by atoms with Crippen molar-refractivity contribution in [3.05, 3.63) is 98.6 Å². The molecule has 30 heteroatoms.